The fraction of sp³-hybridized carbons (Fsp3) is 0.333. The lowest BCUT2D eigenvalue weighted by Gasteiger charge is -2.29. The number of aliphatic hydroxyl groups excluding tert-OH is 1. The van der Waals surface area contributed by atoms with E-state index in [4.69, 9.17) is 0 Å². The number of rotatable bonds is 10. The first-order valence-electron chi connectivity index (χ1n) is 10.5. The van der Waals surface area contributed by atoms with Crippen molar-refractivity contribution in [1.82, 2.24) is 20.7 Å². The summed E-state index contributed by atoms with van der Waals surface area (Å²) >= 11 is 0. The fourth-order valence-corrected chi connectivity index (χ4v) is 3.83. The third-order valence-corrected chi connectivity index (χ3v) is 5.75. The molecular formula is C24H28N4O4. The topological polar surface area (TPSA) is 128 Å². The minimum absolute atomic E-state index is 0.0882. The van der Waals surface area contributed by atoms with Crippen molar-refractivity contribution in [3.05, 3.63) is 71.5 Å². The molecule has 0 aliphatic heterocycles. The molecule has 0 aliphatic rings. The summed E-state index contributed by atoms with van der Waals surface area (Å²) in [7, 11) is 0. The van der Waals surface area contributed by atoms with Crippen LogP contribution in [0.15, 0.2) is 54.7 Å². The van der Waals surface area contributed by atoms with Crippen LogP contribution in [0.4, 0.5) is 0 Å². The molecule has 32 heavy (non-hydrogen) atoms. The zero-order chi connectivity index (χ0) is 23.1. The number of carboxylic acid groups (broad SMARTS) is 1. The maximum absolute atomic E-state index is 12.6. The van der Waals surface area contributed by atoms with Gasteiger partial charge in [0, 0.05) is 12.6 Å². The van der Waals surface area contributed by atoms with Crippen molar-refractivity contribution in [2.75, 3.05) is 6.61 Å². The summed E-state index contributed by atoms with van der Waals surface area (Å²) < 4.78 is 0. The maximum atomic E-state index is 12.6. The Morgan fingerprint density at radius 1 is 1.16 bits per heavy atom. The van der Waals surface area contributed by atoms with Gasteiger partial charge in [0.05, 0.1) is 11.6 Å². The summed E-state index contributed by atoms with van der Waals surface area (Å²) in [4.78, 5) is 24.5. The number of aromatic nitrogens is 3. The number of hydrogen-bond donors (Lipinski definition) is 4. The Hall–Kier alpha value is -3.52. The second-order valence-corrected chi connectivity index (χ2v) is 8.29. The number of aliphatic carboxylic acids is 1. The van der Waals surface area contributed by atoms with Crippen molar-refractivity contribution >= 4 is 11.9 Å². The van der Waals surface area contributed by atoms with Crippen molar-refractivity contribution in [3.63, 3.8) is 0 Å². The van der Waals surface area contributed by atoms with E-state index in [0.717, 1.165) is 16.7 Å². The first-order valence-corrected chi connectivity index (χ1v) is 10.5. The lowest BCUT2D eigenvalue weighted by Crippen LogP contribution is -2.43. The van der Waals surface area contributed by atoms with E-state index >= 15 is 0 Å². The summed E-state index contributed by atoms with van der Waals surface area (Å²) in [6, 6.07) is 15.7. The van der Waals surface area contributed by atoms with Crippen LogP contribution in [0.25, 0.3) is 11.1 Å². The van der Waals surface area contributed by atoms with E-state index < -0.39 is 23.3 Å². The Balaban J connectivity index is 1.82. The average Bonchev–Trinajstić information content (AvgIpc) is 3.30. The van der Waals surface area contributed by atoms with E-state index in [0.29, 0.717) is 6.42 Å². The van der Waals surface area contributed by atoms with Crippen LogP contribution in [0.5, 0.6) is 0 Å². The fourth-order valence-electron chi connectivity index (χ4n) is 3.83. The average molecular weight is 437 g/mol. The molecule has 0 aliphatic carbocycles. The van der Waals surface area contributed by atoms with E-state index in [-0.39, 0.29) is 25.1 Å². The van der Waals surface area contributed by atoms with Gasteiger partial charge in [0.2, 0.25) is 0 Å². The molecule has 4 N–H and O–H groups in total. The Bertz CT molecular complexity index is 1050. The van der Waals surface area contributed by atoms with Gasteiger partial charge in [0.25, 0.3) is 5.91 Å². The molecule has 0 unspecified atom stereocenters. The minimum atomic E-state index is -1.18. The number of amides is 1. The molecule has 8 nitrogen and oxygen atoms in total. The standard InChI is InChI=1S/C24H28N4O4/c1-16-5-3-4-6-20(16)18-9-7-17(8-10-18)13-19(14-24(2,11-12-29)23(31)32)26-22(30)21-15-25-28-27-21/h3-10,15,19,29H,11-14H2,1-2H3,(H,26,30)(H,31,32)(H,25,27,28)/t19-,24-/m1/s1. The first-order chi connectivity index (χ1) is 15.3. The highest BCUT2D eigenvalue weighted by Crippen LogP contribution is 2.30. The van der Waals surface area contributed by atoms with Gasteiger partial charge in [-0.1, -0.05) is 48.5 Å². The van der Waals surface area contributed by atoms with Crippen LogP contribution in [0.3, 0.4) is 0 Å². The lowest BCUT2D eigenvalue weighted by atomic mass is 9.79. The third-order valence-electron chi connectivity index (χ3n) is 5.75. The number of nitrogens with one attached hydrogen (secondary N) is 2. The van der Waals surface area contributed by atoms with Gasteiger partial charge in [-0.15, -0.1) is 0 Å². The molecule has 0 saturated carbocycles. The van der Waals surface area contributed by atoms with Crippen LogP contribution in [0.2, 0.25) is 0 Å². The Kier molecular flexibility index (Phi) is 7.37. The van der Waals surface area contributed by atoms with Crippen LogP contribution in [-0.2, 0) is 11.2 Å². The molecule has 2 aromatic carbocycles. The second kappa shape index (κ2) is 10.2. The predicted octanol–water partition coefficient (Wildman–Crippen LogP) is 2.98. The number of benzene rings is 2. The van der Waals surface area contributed by atoms with Crippen molar-refractivity contribution in [2.24, 2.45) is 5.41 Å². The molecule has 0 radical (unpaired) electrons. The highest BCUT2D eigenvalue weighted by atomic mass is 16.4. The van der Waals surface area contributed by atoms with Gasteiger partial charge in [-0.25, -0.2) is 0 Å². The summed E-state index contributed by atoms with van der Waals surface area (Å²) in [5.74, 6) is -1.45. The van der Waals surface area contributed by atoms with E-state index in [1.807, 2.05) is 36.4 Å². The highest BCUT2D eigenvalue weighted by molar-refractivity contribution is 5.92. The molecule has 168 valence electrons. The number of H-pyrrole nitrogens is 1. The largest absolute Gasteiger partial charge is 0.481 e. The number of carboxylic acids is 1. The normalized spacial score (nSPS) is 13.8. The Labute approximate surface area is 186 Å². The van der Waals surface area contributed by atoms with Crippen LogP contribution < -0.4 is 5.32 Å². The number of aliphatic hydroxyl groups is 1. The monoisotopic (exact) mass is 436 g/mol. The zero-order valence-electron chi connectivity index (χ0n) is 18.2. The molecule has 3 rings (SSSR count). The molecule has 2 atom stereocenters. The van der Waals surface area contributed by atoms with E-state index in [2.05, 4.69) is 39.8 Å². The Morgan fingerprint density at radius 2 is 1.88 bits per heavy atom. The first kappa shape index (κ1) is 23.1. The van der Waals surface area contributed by atoms with Crippen molar-refractivity contribution in [2.45, 2.75) is 39.2 Å². The summed E-state index contributed by atoms with van der Waals surface area (Å²) in [5.41, 5.74) is 3.33. The van der Waals surface area contributed by atoms with E-state index in [1.165, 1.54) is 11.8 Å². The molecule has 8 heteroatoms. The maximum Gasteiger partial charge on any atom is 0.309 e. The van der Waals surface area contributed by atoms with E-state index in [1.54, 1.807) is 6.92 Å². The van der Waals surface area contributed by atoms with Gasteiger partial charge >= 0.3 is 5.97 Å². The molecule has 0 saturated heterocycles. The van der Waals surface area contributed by atoms with Gasteiger partial charge in [-0.05, 0) is 55.4 Å². The number of hydrogen-bond acceptors (Lipinski definition) is 5. The van der Waals surface area contributed by atoms with Crippen molar-refractivity contribution in [3.8, 4) is 11.1 Å². The SMILES string of the molecule is Cc1ccccc1-c1ccc(C[C@H](C[C@@](C)(CCO)C(=O)O)NC(=O)c2cn[nH]n2)cc1. The second-order valence-electron chi connectivity index (χ2n) is 8.29. The van der Waals surface area contributed by atoms with Crippen LogP contribution in [-0.4, -0.2) is 50.1 Å². The van der Waals surface area contributed by atoms with Gasteiger partial charge in [-0.3, -0.25) is 9.59 Å². The number of carbonyl (C=O) groups excluding carboxylic acids is 1. The molecule has 0 spiro atoms. The number of aryl methyl sites for hydroxylation is 1. The molecule has 0 fully saturated rings. The molecule has 0 bridgehead atoms. The van der Waals surface area contributed by atoms with Gasteiger partial charge in [0.15, 0.2) is 5.69 Å². The molecule has 1 amide bonds. The quantitative estimate of drug-likeness (QED) is 0.387. The minimum Gasteiger partial charge on any atom is -0.481 e. The van der Waals surface area contributed by atoms with Crippen LogP contribution >= 0.6 is 0 Å². The molecular weight excluding hydrogens is 408 g/mol. The smallest absolute Gasteiger partial charge is 0.309 e. The predicted molar refractivity (Wildman–Crippen MR) is 120 cm³/mol. The number of aromatic amines is 1. The number of nitrogens with zero attached hydrogens (tertiary/aromatic N) is 2. The zero-order valence-corrected chi connectivity index (χ0v) is 18.2. The Morgan fingerprint density at radius 3 is 2.47 bits per heavy atom. The highest BCUT2D eigenvalue weighted by Gasteiger charge is 2.36. The summed E-state index contributed by atoms with van der Waals surface area (Å²) in [5, 5.41) is 31.8. The van der Waals surface area contributed by atoms with Gasteiger partial charge in [-0.2, -0.15) is 15.4 Å². The van der Waals surface area contributed by atoms with Crippen LogP contribution in [0.1, 0.15) is 41.4 Å². The van der Waals surface area contributed by atoms with Crippen molar-refractivity contribution in [1.29, 1.82) is 0 Å². The van der Waals surface area contributed by atoms with Gasteiger partial charge < -0.3 is 15.5 Å². The summed E-state index contributed by atoms with van der Waals surface area (Å²) in [6.07, 6.45) is 2.00. The summed E-state index contributed by atoms with van der Waals surface area (Å²) in [6.45, 7) is 3.40. The van der Waals surface area contributed by atoms with Crippen molar-refractivity contribution < 1.29 is 19.8 Å². The van der Waals surface area contributed by atoms with Crippen LogP contribution in [0, 0.1) is 12.3 Å². The number of carbonyl (C=O) groups is 2. The third kappa shape index (κ3) is 5.59. The molecule has 1 aromatic heterocycles. The lowest BCUT2D eigenvalue weighted by molar-refractivity contribution is -0.149. The molecule has 3 aromatic rings. The van der Waals surface area contributed by atoms with Gasteiger partial charge in [0.1, 0.15) is 0 Å². The van der Waals surface area contributed by atoms with E-state index in [9.17, 15) is 19.8 Å². The molecule has 1 heterocycles.